The van der Waals surface area contributed by atoms with E-state index in [4.69, 9.17) is 5.73 Å². The summed E-state index contributed by atoms with van der Waals surface area (Å²) in [6, 6.07) is 7.05. The molecule has 6 heteroatoms. The summed E-state index contributed by atoms with van der Waals surface area (Å²) in [4.78, 5) is 17.2. The number of aromatic nitrogens is 1. The number of nitro groups is 1. The Hall–Kier alpha value is -2.21. The van der Waals surface area contributed by atoms with Crippen LogP contribution in [-0.4, -0.2) is 29.5 Å². The Bertz CT molecular complexity index is 674. The normalized spacial score (nSPS) is 18.9. The van der Waals surface area contributed by atoms with Crippen molar-refractivity contribution < 1.29 is 4.92 Å². The first-order chi connectivity index (χ1) is 10.2. The number of hydrogen-bond donors (Lipinski definition) is 1. The Morgan fingerprint density at radius 1 is 1.43 bits per heavy atom. The molecule has 0 bridgehead atoms. The van der Waals surface area contributed by atoms with E-state index >= 15 is 0 Å². The molecule has 0 radical (unpaired) electrons. The molecule has 1 aromatic carbocycles. The van der Waals surface area contributed by atoms with Crippen molar-refractivity contribution in [2.24, 2.45) is 11.7 Å². The standard InChI is InChI=1S/C15H18N4O2/c16-9-11-3-2-8-18(10-11)13-6-7-17-15-12(13)4-1-5-14(15)19(20)21/h1,4-7,11H,2-3,8-10,16H2. The van der Waals surface area contributed by atoms with E-state index in [-0.39, 0.29) is 10.6 Å². The molecule has 1 aliphatic heterocycles. The Balaban J connectivity index is 2.07. The quantitative estimate of drug-likeness (QED) is 0.691. The van der Waals surface area contributed by atoms with Crippen molar-refractivity contribution in [3.8, 4) is 0 Å². The molecule has 0 amide bonds. The lowest BCUT2D eigenvalue weighted by molar-refractivity contribution is -0.383. The highest BCUT2D eigenvalue weighted by molar-refractivity contribution is 5.96. The highest BCUT2D eigenvalue weighted by atomic mass is 16.6. The minimum atomic E-state index is -0.377. The molecule has 1 aliphatic rings. The number of nitrogens with two attached hydrogens (primary N) is 1. The number of fused-ring (bicyclic) bond motifs is 1. The average Bonchev–Trinajstić information content (AvgIpc) is 2.53. The molecule has 2 N–H and O–H groups in total. The summed E-state index contributed by atoms with van der Waals surface area (Å²) in [7, 11) is 0. The van der Waals surface area contributed by atoms with E-state index < -0.39 is 0 Å². The van der Waals surface area contributed by atoms with Gasteiger partial charge < -0.3 is 10.6 Å². The molecule has 1 fully saturated rings. The predicted molar refractivity (Wildman–Crippen MR) is 82.4 cm³/mol. The van der Waals surface area contributed by atoms with Crippen LogP contribution < -0.4 is 10.6 Å². The van der Waals surface area contributed by atoms with E-state index in [1.807, 2.05) is 12.1 Å². The fourth-order valence-corrected chi connectivity index (χ4v) is 3.05. The number of hydrogen-bond acceptors (Lipinski definition) is 5. The molecular weight excluding hydrogens is 268 g/mol. The van der Waals surface area contributed by atoms with E-state index in [9.17, 15) is 10.1 Å². The van der Waals surface area contributed by atoms with Gasteiger partial charge in [0.25, 0.3) is 5.69 Å². The fraction of sp³-hybridized carbons (Fsp3) is 0.400. The minimum absolute atomic E-state index is 0.0572. The van der Waals surface area contributed by atoms with Crippen LogP contribution in [0.3, 0.4) is 0 Å². The average molecular weight is 286 g/mol. The van der Waals surface area contributed by atoms with Crippen molar-refractivity contribution in [2.75, 3.05) is 24.5 Å². The maximum Gasteiger partial charge on any atom is 0.295 e. The van der Waals surface area contributed by atoms with Crippen molar-refractivity contribution >= 4 is 22.3 Å². The third-order valence-corrected chi connectivity index (χ3v) is 4.12. The van der Waals surface area contributed by atoms with Crippen molar-refractivity contribution in [3.05, 3.63) is 40.6 Å². The van der Waals surface area contributed by atoms with E-state index in [0.29, 0.717) is 18.0 Å². The van der Waals surface area contributed by atoms with Crippen molar-refractivity contribution in [1.29, 1.82) is 0 Å². The molecule has 3 rings (SSSR count). The van der Waals surface area contributed by atoms with Gasteiger partial charge in [0, 0.05) is 36.4 Å². The lowest BCUT2D eigenvalue weighted by Crippen LogP contribution is -2.38. The van der Waals surface area contributed by atoms with Crippen LogP contribution in [0.2, 0.25) is 0 Å². The summed E-state index contributed by atoms with van der Waals surface area (Å²) < 4.78 is 0. The number of anilines is 1. The number of benzene rings is 1. The first-order valence-electron chi connectivity index (χ1n) is 7.18. The monoisotopic (exact) mass is 286 g/mol. The van der Waals surface area contributed by atoms with E-state index in [0.717, 1.165) is 37.0 Å². The molecule has 2 aromatic rings. The number of para-hydroxylation sites is 1. The molecule has 21 heavy (non-hydrogen) atoms. The maximum atomic E-state index is 11.1. The number of nitro benzene ring substituents is 1. The third kappa shape index (κ3) is 2.54. The summed E-state index contributed by atoms with van der Waals surface area (Å²) in [5.74, 6) is 0.487. The summed E-state index contributed by atoms with van der Waals surface area (Å²) in [5, 5.41) is 12.0. The number of rotatable bonds is 3. The van der Waals surface area contributed by atoms with Gasteiger partial charge in [0.05, 0.1) is 4.92 Å². The summed E-state index contributed by atoms with van der Waals surface area (Å²) >= 11 is 0. The van der Waals surface area contributed by atoms with Gasteiger partial charge in [-0.15, -0.1) is 0 Å². The van der Waals surface area contributed by atoms with Gasteiger partial charge in [-0.05, 0) is 31.4 Å². The maximum absolute atomic E-state index is 11.1. The fourth-order valence-electron chi connectivity index (χ4n) is 3.05. The van der Waals surface area contributed by atoms with Gasteiger partial charge in [-0.2, -0.15) is 0 Å². The zero-order chi connectivity index (χ0) is 14.8. The van der Waals surface area contributed by atoms with Crippen molar-refractivity contribution in [3.63, 3.8) is 0 Å². The van der Waals surface area contributed by atoms with Crippen LogP contribution in [0.5, 0.6) is 0 Å². The molecule has 2 heterocycles. The van der Waals surface area contributed by atoms with Gasteiger partial charge in [0.1, 0.15) is 5.52 Å². The minimum Gasteiger partial charge on any atom is -0.371 e. The molecule has 0 aliphatic carbocycles. The van der Waals surface area contributed by atoms with Gasteiger partial charge >= 0.3 is 0 Å². The highest BCUT2D eigenvalue weighted by Gasteiger charge is 2.22. The van der Waals surface area contributed by atoms with Crippen molar-refractivity contribution in [2.45, 2.75) is 12.8 Å². The Morgan fingerprint density at radius 2 is 2.29 bits per heavy atom. The zero-order valence-electron chi connectivity index (χ0n) is 11.7. The van der Waals surface area contributed by atoms with Crippen LogP contribution in [0.25, 0.3) is 10.9 Å². The van der Waals surface area contributed by atoms with Crippen LogP contribution in [0.1, 0.15) is 12.8 Å². The number of nitrogens with zero attached hydrogens (tertiary/aromatic N) is 3. The number of pyridine rings is 1. The second-order valence-electron chi connectivity index (χ2n) is 5.45. The van der Waals surface area contributed by atoms with Gasteiger partial charge in [-0.25, -0.2) is 4.98 Å². The molecule has 1 unspecified atom stereocenters. The van der Waals surface area contributed by atoms with Crippen LogP contribution in [0.15, 0.2) is 30.5 Å². The number of non-ortho nitro benzene ring substituents is 1. The molecule has 1 aromatic heterocycles. The highest BCUT2D eigenvalue weighted by Crippen LogP contribution is 2.32. The van der Waals surface area contributed by atoms with E-state index in [1.165, 1.54) is 6.07 Å². The molecule has 0 saturated carbocycles. The lowest BCUT2D eigenvalue weighted by Gasteiger charge is -2.34. The topological polar surface area (TPSA) is 85.3 Å². The summed E-state index contributed by atoms with van der Waals surface area (Å²) in [6.07, 6.45) is 3.90. The van der Waals surface area contributed by atoms with Crippen molar-refractivity contribution in [1.82, 2.24) is 4.98 Å². The SMILES string of the molecule is NCC1CCCN(c2ccnc3c([N+](=O)[O-])cccc23)C1. The Labute approximate surface area is 122 Å². The first-order valence-corrected chi connectivity index (χ1v) is 7.18. The molecular formula is C15H18N4O2. The van der Waals surface area contributed by atoms with Gasteiger partial charge in [-0.3, -0.25) is 10.1 Å². The molecule has 0 spiro atoms. The van der Waals surface area contributed by atoms with E-state index in [1.54, 1.807) is 12.3 Å². The molecule has 1 saturated heterocycles. The van der Waals surface area contributed by atoms with Crippen LogP contribution >= 0.6 is 0 Å². The van der Waals surface area contributed by atoms with Gasteiger partial charge in [-0.1, -0.05) is 12.1 Å². The Morgan fingerprint density at radius 3 is 3.05 bits per heavy atom. The zero-order valence-corrected chi connectivity index (χ0v) is 11.7. The number of piperidine rings is 1. The predicted octanol–water partition coefficient (Wildman–Crippen LogP) is 2.32. The van der Waals surface area contributed by atoms with Crippen LogP contribution in [-0.2, 0) is 0 Å². The lowest BCUT2D eigenvalue weighted by atomic mass is 9.97. The van der Waals surface area contributed by atoms with Crippen LogP contribution in [0.4, 0.5) is 11.4 Å². The second kappa shape index (κ2) is 5.65. The molecule has 1 atom stereocenters. The third-order valence-electron chi connectivity index (χ3n) is 4.12. The van der Waals surface area contributed by atoms with Gasteiger partial charge in [0.2, 0.25) is 0 Å². The largest absolute Gasteiger partial charge is 0.371 e. The first kappa shape index (κ1) is 13.8. The van der Waals surface area contributed by atoms with Gasteiger partial charge in [0.15, 0.2) is 0 Å². The summed E-state index contributed by atoms with van der Waals surface area (Å²) in [6.45, 7) is 2.54. The van der Waals surface area contributed by atoms with Crippen LogP contribution in [0, 0.1) is 16.0 Å². The molecule has 6 nitrogen and oxygen atoms in total. The molecule has 110 valence electrons. The van der Waals surface area contributed by atoms with E-state index in [2.05, 4.69) is 9.88 Å². The summed E-state index contributed by atoms with van der Waals surface area (Å²) in [5.41, 5.74) is 7.32. The Kier molecular flexibility index (Phi) is 3.70. The second-order valence-corrected chi connectivity index (χ2v) is 5.45. The smallest absolute Gasteiger partial charge is 0.295 e.